The molecule has 1 saturated heterocycles. The summed E-state index contributed by atoms with van der Waals surface area (Å²) >= 11 is 5.90. The Kier molecular flexibility index (Phi) is 5.38. The van der Waals surface area contributed by atoms with E-state index >= 15 is 0 Å². The van der Waals surface area contributed by atoms with Gasteiger partial charge in [-0.05, 0) is 6.07 Å². The molecular weight excluding hydrogens is 326 g/mol. The molecule has 0 radical (unpaired) electrons. The number of nitro benzene ring substituents is 1. The molecule has 0 aromatic heterocycles. The number of nitro groups is 1. The fourth-order valence-electron chi connectivity index (χ4n) is 2.22. The van der Waals surface area contributed by atoms with Crippen LogP contribution in [0.4, 0.5) is 5.69 Å². The van der Waals surface area contributed by atoms with E-state index in [1.54, 1.807) is 9.80 Å². The Morgan fingerprint density at radius 3 is 2.39 bits per heavy atom. The SMILES string of the molecule is CC(=O)N1CCN(C(=O)COc2ccc([N+](=O)[O-])cc2Cl)CC1. The van der Waals surface area contributed by atoms with Crippen molar-refractivity contribution >= 4 is 29.1 Å². The van der Waals surface area contributed by atoms with Crippen LogP contribution in [0.2, 0.25) is 5.02 Å². The van der Waals surface area contributed by atoms with E-state index in [0.717, 1.165) is 0 Å². The van der Waals surface area contributed by atoms with Crippen LogP contribution >= 0.6 is 11.6 Å². The molecule has 23 heavy (non-hydrogen) atoms. The standard InChI is InChI=1S/C14H16ClN3O5/c1-10(19)16-4-6-17(7-5-16)14(20)9-23-13-3-2-11(18(21)22)8-12(13)15/h2-3,8H,4-7,9H2,1H3. The lowest BCUT2D eigenvalue weighted by atomic mass is 10.3. The van der Waals surface area contributed by atoms with Crippen molar-refractivity contribution in [2.24, 2.45) is 0 Å². The Morgan fingerprint density at radius 2 is 1.87 bits per heavy atom. The van der Waals surface area contributed by atoms with Crippen LogP contribution in [-0.4, -0.2) is 59.3 Å². The Bertz CT molecular complexity index is 629. The molecule has 2 amide bonds. The van der Waals surface area contributed by atoms with Crippen molar-refractivity contribution < 1.29 is 19.2 Å². The number of amides is 2. The van der Waals surface area contributed by atoms with Crippen LogP contribution in [0.3, 0.4) is 0 Å². The summed E-state index contributed by atoms with van der Waals surface area (Å²) in [5.41, 5.74) is -0.144. The highest BCUT2D eigenvalue weighted by Crippen LogP contribution is 2.28. The lowest BCUT2D eigenvalue weighted by Crippen LogP contribution is -2.51. The molecule has 1 fully saturated rings. The molecule has 1 aromatic rings. The van der Waals surface area contributed by atoms with Crippen LogP contribution in [0.5, 0.6) is 5.75 Å². The number of halogens is 1. The molecule has 9 heteroatoms. The monoisotopic (exact) mass is 341 g/mol. The molecule has 1 aromatic carbocycles. The van der Waals surface area contributed by atoms with Crippen molar-refractivity contribution in [1.29, 1.82) is 0 Å². The van der Waals surface area contributed by atoms with Gasteiger partial charge < -0.3 is 14.5 Å². The first kappa shape index (κ1) is 17.0. The summed E-state index contributed by atoms with van der Waals surface area (Å²) in [5.74, 6) is -0.0124. The van der Waals surface area contributed by atoms with Gasteiger partial charge in [0.15, 0.2) is 6.61 Å². The summed E-state index contributed by atoms with van der Waals surface area (Å²) in [6.07, 6.45) is 0. The first-order valence-corrected chi connectivity index (χ1v) is 7.36. The molecule has 0 aliphatic carbocycles. The summed E-state index contributed by atoms with van der Waals surface area (Å²) in [6.45, 7) is 3.19. The normalized spacial score (nSPS) is 14.5. The van der Waals surface area contributed by atoms with E-state index in [4.69, 9.17) is 16.3 Å². The first-order chi connectivity index (χ1) is 10.9. The molecule has 0 atom stereocenters. The molecular formula is C14H16ClN3O5. The van der Waals surface area contributed by atoms with E-state index in [2.05, 4.69) is 0 Å². The van der Waals surface area contributed by atoms with Crippen molar-refractivity contribution in [1.82, 2.24) is 9.80 Å². The Hall–Kier alpha value is -2.35. The predicted octanol–water partition coefficient (Wildman–Crippen LogP) is 1.32. The Morgan fingerprint density at radius 1 is 1.26 bits per heavy atom. The molecule has 0 spiro atoms. The van der Waals surface area contributed by atoms with Gasteiger partial charge in [0.05, 0.1) is 9.95 Å². The molecule has 1 aliphatic heterocycles. The van der Waals surface area contributed by atoms with Gasteiger partial charge in [-0.1, -0.05) is 11.6 Å². The van der Waals surface area contributed by atoms with E-state index in [1.165, 1.54) is 25.1 Å². The lowest BCUT2D eigenvalue weighted by molar-refractivity contribution is -0.384. The smallest absolute Gasteiger partial charge is 0.271 e. The summed E-state index contributed by atoms with van der Waals surface area (Å²) < 4.78 is 5.33. The Labute approximate surface area is 137 Å². The number of carbonyl (C=O) groups is 2. The van der Waals surface area contributed by atoms with Gasteiger partial charge in [0.25, 0.3) is 11.6 Å². The van der Waals surface area contributed by atoms with E-state index in [-0.39, 0.29) is 34.9 Å². The van der Waals surface area contributed by atoms with Gasteiger partial charge in [0, 0.05) is 45.2 Å². The topological polar surface area (TPSA) is 93.0 Å². The lowest BCUT2D eigenvalue weighted by Gasteiger charge is -2.34. The molecule has 0 N–H and O–H groups in total. The minimum Gasteiger partial charge on any atom is -0.482 e. The van der Waals surface area contributed by atoms with Gasteiger partial charge in [-0.2, -0.15) is 0 Å². The molecule has 0 bridgehead atoms. The van der Waals surface area contributed by atoms with Crippen LogP contribution in [0.15, 0.2) is 18.2 Å². The van der Waals surface area contributed by atoms with Gasteiger partial charge in [-0.3, -0.25) is 19.7 Å². The van der Waals surface area contributed by atoms with Crippen LogP contribution < -0.4 is 4.74 Å². The fourth-order valence-corrected chi connectivity index (χ4v) is 2.45. The summed E-state index contributed by atoms with van der Waals surface area (Å²) in [7, 11) is 0. The van der Waals surface area contributed by atoms with E-state index < -0.39 is 4.92 Å². The van der Waals surface area contributed by atoms with Gasteiger partial charge in [-0.25, -0.2) is 0 Å². The van der Waals surface area contributed by atoms with Gasteiger partial charge in [0.2, 0.25) is 5.91 Å². The molecule has 0 saturated carbocycles. The van der Waals surface area contributed by atoms with E-state index in [0.29, 0.717) is 26.2 Å². The van der Waals surface area contributed by atoms with Crippen molar-refractivity contribution in [2.45, 2.75) is 6.92 Å². The number of piperazine rings is 1. The maximum absolute atomic E-state index is 12.1. The zero-order valence-electron chi connectivity index (χ0n) is 12.5. The first-order valence-electron chi connectivity index (χ1n) is 6.98. The fraction of sp³-hybridized carbons (Fsp3) is 0.429. The molecule has 124 valence electrons. The van der Waals surface area contributed by atoms with Crippen molar-refractivity contribution in [3.05, 3.63) is 33.3 Å². The number of hydrogen-bond acceptors (Lipinski definition) is 5. The largest absolute Gasteiger partial charge is 0.482 e. The van der Waals surface area contributed by atoms with E-state index in [1.807, 2.05) is 0 Å². The predicted molar refractivity (Wildman–Crippen MR) is 82.4 cm³/mol. The quantitative estimate of drug-likeness (QED) is 0.608. The number of benzene rings is 1. The summed E-state index contributed by atoms with van der Waals surface area (Å²) in [5, 5.41) is 10.7. The van der Waals surface area contributed by atoms with E-state index in [9.17, 15) is 19.7 Å². The second-order valence-corrected chi connectivity index (χ2v) is 5.45. The van der Waals surface area contributed by atoms with Crippen LogP contribution in [0, 0.1) is 10.1 Å². The molecule has 1 heterocycles. The second-order valence-electron chi connectivity index (χ2n) is 5.05. The minimum atomic E-state index is -0.560. The zero-order chi connectivity index (χ0) is 17.0. The highest BCUT2D eigenvalue weighted by atomic mass is 35.5. The average Bonchev–Trinajstić information content (AvgIpc) is 2.53. The number of carbonyl (C=O) groups excluding carboxylic acids is 2. The summed E-state index contributed by atoms with van der Waals surface area (Å²) in [4.78, 5) is 36.7. The highest BCUT2D eigenvalue weighted by molar-refractivity contribution is 6.32. The number of rotatable bonds is 4. The molecule has 1 aliphatic rings. The third-order valence-electron chi connectivity index (χ3n) is 3.56. The van der Waals surface area contributed by atoms with Crippen LogP contribution in [0.25, 0.3) is 0 Å². The van der Waals surface area contributed by atoms with Crippen molar-refractivity contribution in [3.8, 4) is 5.75 Å². The summed E-state index contributed by atoms with van der Waals surface area (Å²) in [6, 6.07) is 3.80. The van der Waals surface area contributed by atoms with Crippen molar-refractivity contribution in [3.63, 3.8) is 0 Å². The van der Waals surface area contributed by atoms with Crippen LogP contribution in [0.1, 0.15) is 6.92 Å². The van der Waals surface area contributed by atoms with Gasteiger partial charge in [-0.15, -0.1) is 0 Å². The number of nitrogens with zero attached hydrogens (tertiary/aromatic N) is 3. The maximum atomic E-state index is 12.1. The second kappa shape index (κ2) is 7.28. The molecule has 2 rings (SSSR count). The van der Waals surface area contributed by atoms with Crippen LogP contribution in [-0.2, 0) is 9.59 Å². The van der Waals surface area contributed by atoms with Gasteiger partial charge >= 0.3 is 0 Å². The number of non-ortho nitro benzene ring substituents is 1. The highest BCUT2D eigenvalue weighted by Gasteiger charge is 2.22. The zero-order valence-corrected chi connectivity index (χ0v) is 13.3. The number of hydrogen-bond donors (Lipinski definition) is 0. The number of ether oxygens (including phenoxy) is 1. The minimum absolute atomic E-state index is 0.00832. The maximum Gasteiger partial charge on any atom is 0.271 e. The average molecular weight is 342 g/mol. The van der Waals surface area contributed by atoms with Crippen molar-refractivity contribution in [2.75, 3.05) is 32.8 Å². The Balaban J connectivity index is 1.88. The molecule has 0 unspecified atom stereocenters. The van der Waals surface area contributed by atoms with Gasteiger partial charge in [0.1, 0.15) is 5.75 Å². The third-order valence-corrected chi connectivity index (χ3v) is 3.85. The molecule has 8 nitrogen and oxygen atoms in total. The third kappa shape index (κ3) is 4.32.